The van der Waals surface area contributed by atoms with Gasteiger partial charge in [-0.15, -0.1) is 0 Å². The van der Waals surface area contributed by atoms with Gasteiger partial charge in [0.15, 0.2) is 6.10 Å². The van der Waals surface area contributed by atoms with E-state index in [0.717, 1.165) is 96.3 Å². The summed E-state index contributed by atoms with van der Waals surface area (Å²) in [5.74, 6) is -0.951. The van der Waals surface area contributed by atoms with Crippen LogP contribution in [0.4, 0.5) is 0 Å². The third-order valence-corrected chi connectivity index (χ3v) is 9.23. The van der Waals surface area contributed by atoms with Gasteiger partial charge < -0.3 is 14.2 Å². The second-order valence-electron chi connectivity index (χ2n) is 14.6. The first kappa shape index (κ1) is 51.9. The van der Waals surface area contributed by atoms with Gasteiger partial charge in [0.25, 0.3) is 0 Å². The fraction of sp³-hybridized carbons (Fsp3) is 0.694. The van der Waals surface area contributed by atoms with E-state index in [0.29, 0.717) is 19.3 Å². The van der Waals surface area contributed by atoms with Crippen LogP contribution in [0.5, 0.6) is 0 Å². The fourth-order valence-electron chi connectivity index (χ4n) is 5.85. The summed E-state index contributed by atoms with van der Waals surface area (Å²) in [5, 5.41) is 0. The third-order valence-electron chi connectivity index (χ3n) is 9.23. The minimum Gasteiger partial charge on any atom is -0.462 e. The van der Waals surface area contributed by atoms with E-state index in [9.17, 15) is 14.4 Å². The molecule has 0 amide bonds. The lowest BCUT2D eigenvalue weighted by Crippen LogP contribution is -2.30. The Hall–Kier alpha value is -3.15. The van der Waals surface area contributed by atoms with Crippen LogP contribution in [-0.4, -0.2) is 37.2 Å². The molecule has 0 fully saturated rings. The normalized spacial score (nSPS) is 12.7. The van der Waals surface area contributed by atoms with Crippen molar-refractivity contribution in [1.82, 2.24) is 0 Å². The zero-order chi connectivity index (χ0) is 40.1. The van der Waals surface area contributed by atoms with Gasteiger partial charge in [0.1, 0.15) is 13.2 Å². The molecule has 0 heterocycles. The number of esters is 3. The van der Waals surface area contributed by atoms with Gasteiger partial charge in [-0.2, -0.15) is 0 Å². The number of carbonyl (C=O) groups is 3. The maximum absolute atomic E-state index is 12.6. The van der Waals surface area contributed by atoms with E-state index in [1.807, 2.05) is 0 Å². The van der Waals surface area contributed by atoms with Crippen molar-refractivity contribution in [1.29, 1.82) is 0 Å². The van der Waals surface area contributed by atoms with E-state index in [1.165, 1.54) is 64.2 Å². The van der Waals surface area contributed by atoms with E-state index in [2.05, 4.69) is 93.7 Å². The summed E-state index contributed by atoms with van der Waals surface area (Å²) in [6, 6.07) is 0. The topological polar surface area (TPSA) is 78.9 Å². The molecule has 0 aromatic heterocycles. The van der Waals surface area contributed by atoms with Crippen LogP contribution in [0.25, 0.3) is 0 Å². The Morgan fingerprint density at radius 3 is 1.11 bits per heavy atom. The highest BCUT2D eigenvalue weighted by Crippen LogP contribution is 2.13. The SMILES string of the molecule is CC/C=C\C/C=C\C/C=C\C/C=C\C/C=C\C/C=C\CCCCC(=O)OCC(COC(=O)CCCCCCCC)OC(=O)CCCCCCCCCCCC. The van der Waals surface area contributed by atoms with Crippen LogP contribution in [0.3, 0.4) is 0 Å². The van der Waals surface area contributed by atoms with Crippen molar-refractivity contribution >= 4 is 17.9 Å². The Morgan fingerprint density at radius 2 is 0.709 bits per heavy atom. The zero-order valence-electron chi connectivity index (χ0n) is 35.7. The summed E-state index contributed by atoms with van der Waals surface area (Å²) < 4.78 is 16.6. The van der Waals surface area contributed by atoms with Gasteiger partial charge in [0, 0.05) is 19.3 Å². The van der Waals surface area contributed by atoms with Crippen molar-refractivity contribution in [3.8, 4) is 0 Å². The molecular weight excluding hydrogens is 685 g/mol. The van der Waals surface area contributed by atoms with Crippen molar-refractivity contribution in [3.05, 3.63) is 72.9 Å². The molecule has 6 nitrogen and oxygen atoms in total. The van der Waals surface area contributed by atoms with Gasteiger partial charge in [-0.3, -0.25) is 14.4 Å². The van der Waals surface area contributed by atoms with Crippen LogP contribution in [0.2, 0.25) is 0 Å². The predicted octanol–water partition coefficient (Wildman–Crippen LogP) is 14.3. The number of unbranched alkanes of at least 4 members (excludes halogenated alkanes) is 16. The quantitative estimate of drug-likeness (QED) is 0.0268. The molecule has 0 bridgehead atoms. The van der Waals surface area contributed by atoms with Gasteiger partial charge in [0.2, 0.25) is 0 Å². The first-order valence-corrected chi connectivity index (χ1v) is 22.4. The monoisotopic (exact) mass is 767 g/mol. The van der Waals surface area contributed by atoms with Crippen molar-refractivity contribution in [2.45, 2.75) is 207 Å². The molecule has 1 unspecified atom stereocenters. The molecule has 0 N–H and O–H groups in total. The summed E-state index contributed by atoms with van der Waals surface area (Å²) in [5.41, 5.74) is 0. The maximum atomic E-state index is 12.6. The largest absolute Gasteiger partial charge is 0.462 e. The van der Waals surface area contributed by atoms with Crippen LogP contribution < -0.4 is 0 Å². The Morgan fingerprint density at radius 1 is 0.382 bits per heavy atom. The highest BCUT2D eigenvalue weighted by atomic mass is 16.6. The predicted molar refractivity (Wildman–Crippen MR) is 233 cm³/mol. The highest BCUT2D eigenvalue weighted by Gasteiger charge is 2.19. The number of hydrogen-bond acceptors (Lipinski definition) is 6. The lowest BCUT2D eigenvalue weighted by atomic mass is 10.1. The molecule has 0 spiro atoms. The Balaban J connectivity index is 4.31. The summed E-state index contributed by atoms with van der Waals surface area (Å²) in [7, 11) is 0. The fourth-order valence-corrected chi connectivity index (χ4v) is 5.85. The summed E-state index contributed by atoms with van der Waals surface area (Å²) >= 11 is 0. The minimum atomic E-state index is -0.785. The van der Waals surface area contributed by atoms with Gasteiger partial charge in [-0.25, -0.2) is 0 Å². The van der Waals surface area contributed by atoms with Crippen molar-refractivity contribution in [2.75, 3.05) is 13.2 Å². The molecule has 0 aliphatic carbocycles. The van der Waals surface area contributed by atoms with Gasteiger partial charge in [-0.1, -0.05) is 184 Å². The zero-order valence-corrected chi connectivity index (χ0v) is 35.7. The molecule has 0 aliphatic rings. The number of allylic oxidation sites excluding steroid dienone is 12. The number of carbonyl (C=O) groups excluding carboxylic acids is 3. The van der Waals surface area contributed by atoms with Crippen LogP contribution in [0, 0.1) is 0 Å². The minimum absolute atomic E-state index is 0.0889. The molecule has 0 radical (unpaired) electrons. The Bertz CT molecular complexity index is 1070. The standard InChI is InChI=1S/C49H82O6/c1-4-7-10-13-16-18-20-21-22-23-24-25-26-27-28-29-30-32-33-36-39-42-48(51)54-45-46(44-53-47(50)41-38-35-15-12-9-6-3)55-49(52)43-40-37-34-31-19-17-14-11-8-5-2/h7,10,16,18,21-22,24-25,27-28,30,32,46H,4-6,8-9,11-15,17,19-20,23,26,29,31,33-45H2,1-3H3/b10-7-,18-16-,22-21-,25-24-,28-27-,32-30-. The van der Waals surface area contributed by atoms with E-state index in [1.54, 1.807) is 0 Å². The van der Waals surface area contributed by atoms with E-state index < -0.39 is 6.10 Å². The van der Waals surface area contributed by atoms with Crippen LogP contribution in [0.1, 0.15) is 201 Å². The number of ether oxygens (including phenoxy) is 3. The van der Waals surface area contributed by atoms with Gasteiger partial charge in [0.05, 0.1) is 0 Å². The second-order valence-corrected chi connectivity index (χ2v) is 14.6. The van der Waals surface area contributed by atoms with Crippen molar-refractivity contribution in [2.24, 2.45) is 0 Å². The highest BCUT2D eigenvalue weighted by molar-refractivity contribution is 5.71. The summed E-state index contributed by atoms with van der Waals surface area (Å²) in [6.45, 7) is 6.39. The third kappa shape index (κ3) is 41.8. The lowest BCUT2D eigenvalue weighted by molar-refractivity contribution is -0.167. The van der Waals surface area contributed by atoms with E-state index in [-0.39, 0.29) is 31.1 Å². The molecular formula is C49H82O6. The first-order chi connectivity index (χ1) is 27.0. The molecule has 314 valence electrons. The molecule has 0 saturated carbocycles. The second kappa shape index (κ2) is 43.6. The first-order valence-electron chi connectivity index (χ1n) is 22.4. The Labute approximate surface area is 338 Å². The molecule has 6 heteroatoms. The molecule has 0 aliphatic heterocycles. The summed E-state index contributed by atoms with van der Waals surface area (Å²) in [6.07, 6.45) is 53.4. The molecule has 1 atom stereocenters. The van der Waals surface area contributed by atoms with Gasteiger partial charge in [-0.05, 0) is 70.6 Å². The molecule has 55 heavy (non-hydrogen) atoms. The van der Waals surface area contributed by atoms with E-state index >= 15 is 0 Å². The molecule has 0 rings (SSSR count). The van der Waals surface area contributed by atoms with Gasteiger partial charge >= 0.3 is 17.9 Å². The lowest BCUT2D eigenvalue weighted by Gasteiger charge is -2.18. The van der Waals surface area contributed by atoms with Crippen molar-refractivity contribution < 1.29 is 28.6 Å². The van der Waals surface area contributed by atoms with Crippen LogP contribution in [0.15, 0.2) is 72.9 Å². The molecule has 0 saturated heterocycles. The Kier molecular flexibility index (Phi) is 41.1. The van der Waals surface area contributed by atoms with Crippen LogP contribution >= 0.6 is 0 Å². The molecule has 0 aromatic rings. The van der Waals surface area contributed by atoms with E-state index in [4.69, 9.17) is 14.2 Å². The molecule has 0 aromatic carbocycles. The number of hydrogen-bond donors (Lipinski definition) is 0. The van der Waals surface area contributed by atoms with Crippen LogP contribution in [-0.2, 0) is 28.6 Å². The van der Waals surface area contributed by atoms with Crippen molar-refractivity contribution in [3.63, 3.8) is 0 Å². The average molecular weight is 767 g/mol. The summed E-state index contributed by atoms with van der Waals surface area (Å²) in [4.78, 5) is 37.5. The average Bonchev–Trinajstić information content (AvgIpc) is 3.18. The smallest absolute Gasteiger partial charge is 0.306 e. The number of rotatable bonds is 39. The maximum Gasteiger partial charge on any atom is 0.306 e.